The third-order valence-corrected chi connectivity index (χ3v) is 10.2. The molecule has 2 saturated heterocycles. The first-order valence-corrected chi connectivity index (χ1v) is 15.2. The second kappa shape index (κ2) is 10.5. The lowest BCUT2D eigenvalue weighted by Crippen LogP contribution is -2.48. The largest absolute Gasteiger partial charge is 0.504 e. The minimum Gasteiger partial charge on any atom is -0.504 e. The molecule has 4 aliphatic rings. The van der Waals surface area contributed by atoms with Gasteiger partial charge in [-0.2, -0.15) is 0 Å². The van der Waals surface area contributed by atoms with Crippen LogP contribution in [0.3, 0.4) is 0 Å². The van der Waals surface area contributed by atoms with Gasteiger partial charge in [0.25, 0.3) is 0 Å². The molecule has 1 N–H and O–H groups in total. The number of rotatable bonds is 6. The Morgan fingerprint density at radius 2 is 1.59 bits per heavy atom. The van der Waals surface area contributed by atoms with E-state index in [1.165, 1.54) is 9.80 Å². The van der Waals surface area contributed by atoms with E-state index >= 15 is 0 Å². The van der Waals surface area contributed by atoms with Gasteiger partial charge in [0.05, 0.1) is 42.0 Å². The van der Waals surface area contributed by atoms with Gasteiger partial charge in [-0.05, 0) is 68.0 Å². The summed E-state index contributed by atoms with van der Waals surface area (Å²) in [6.45, 7) is 4.21. The minimum absolute atomic E-state index is 0.0183. The molecule has 2 aliphatic carbocycles. The van der Waals surface area contributed by atoms with Crippen LogP contribution in [-0.4, -0.2) is 40.2 Å². The Kier molecular flexibility index (Phi) is 6.68. The monoisotopic (exact) mass is 590 g/mol. The lowest BCUT2D eigenvalue weighted by atomic mass is 9.51. The van der Waals surface area contributed by atoms with Crippen LogP contribution in [0.1, 0.15) is 43.7 Å². The van der Waals surface area contributed by atoms with Crippen molar-refractivity contribution in [2.75, 3.05) is 11.5 Å². The number of anilines is 1. The number of likely N-dealkylation sites (tertiary alicyclic amines) is 1. The number of para-hydroxylation sites is 1. The van der Waals surface area contributed by atoms with E-state index in [2.05, 4.69) is 0 Å². The minimum atomic E-state index is -1.15. The highest BCUT2D eigenvalue weighted by atomic mass is 16.5. The van der Waals surface area contributed by atoms with Gasteiger partial charge in [-0.1, -0.05) is 66.2 Å². The van der Waals surface area contributed by atoms with Gasteiger partial charge in [-0.15, -0.1) is 0 Å². The summed E-state index contributed by atoms with van der Waals surface area (Å²) in [5.41, 5.74) is 1.85. The molecule has 0 radical (unpaired) electrons. The van der Waals surface area contributed by atoms with Crippen LogP contribution in [-0.2, 0) is 25.7 Å². The number of phenols is 1. The number of fused-ring (bicyclic) bond motifs is 4. The van der Waals surface area contributed by atoms with Crippen LogP contribution < -0.4 is 9.64 Å². The molecule has 1 saturated carbocycles. The highest BCUT2D eigenvalue weighted by Gasteiger charge is 2.67. The van der Waals surface area contributed by atoms with Gasteiger partial charge >= 0.3 is 0 Å². The first-order valence-electron chi connectivity index (χ1n) is 15.2. The van der Waals surface area contributed by atoms with Gasteiger partial charge in [0.2, 0.25) is 23.6 Å². The Balaban J connectivity index is 1.35. The maximum Gasteiger partial charge on any atom is 0.241 e. The zero-order valence-electron chi connectivity index (χ0n) is 24.7. The number of hydrogen-bond acceptors (Lipinski definition) is 6. The molecule has 0 aromatic heterocycles. The van der Waals surface area contributed by atoms with Crippen LogP contribution in [0.2, 0.25) is 0 Å². The molecule has 0 spiro atoms. The summed E-state index contributed by atoms with van der Waals surface area (Å²) < 4.78 is 5.72. The molecule has 8 heteroatoms. The third-order valence-electron chi connectivity index (χ3n) is 10.2. The van der Waals surface area contributed by atoms with Crippen molar-refractivity contribution in [2.45, 2.75) is 39.2 Å². The van der Waals surface area contributed by atoms with E-state index in [4.69, 9.17) is 4.74 Å². The summed E-state index contributed by atoms with van der Waals surface area (Å²) in [5.74, 6) is -3.53. The van der Waals surface area contributed by atoms with Crippen molar-refractivity contribution < 1.29 is 29.0 Å². The second-order valence-corrected chi connectivity index (χ2v) is 12.4. The number of phenolic OH excluding ortho intramolecular Hbond substituents is 1. The van der Waals surface area contributed by atoms with Crippen LogP contribution in [0.5, 0.6) is 11.5 Å². The fraction of sp³-hybridized carbons (Fsp3) is 0.333. The van der Waals surface area contributed by atoms with Gasteiger partial charge in [0, 0.05) is 5.92 Å². The summed E-state index contributed by atoms with van der Waals surface area (Å²) in [6, 6.07) is 23.5. The highest BCUT2D eigenvalue weighted by Crippen LogP contribution is 2.64. The van der Waals surface area contributed by atoms with Crippen molar-refractivity contribution >= 4 is 29.3 Å². The number of allylic oxidation sites excluding steroid dienone is 2. The lowest BCUT2D eigenvalue weighted by Gasteiger charge is -2.49. The third kappa shape index (κ3) is 4.03. The molecule has 44 heavy (non-hydrogen) atoms. The lowest BCUT2D eigenvalue weighted by molar-refractivity contribution is -0.141. The van der Waals surface area contributed by atoms with Crippen molar-refractivity contribution in [1.29, 1.82) is 0 Å². The molecule has 3 aromatic carbocycles. The van der Waals surface area contributed by atoms with Crippen molar-refractivity contribution in [3.05, 3.63) is 102 Å². The van der Waals surface area contributed by atoms with E-state index in [1.54, 1.807) is 42.5 Å². The quantitative estimate of drug-likeness (QED) is 0.312. The van der Waals surface area contributed by atoms with E-state index in [-0.39, 0.29) is 35.9 Å². The smallest absolute Gasteiger partial charge is 0.241 e. The van der Waals surface area contributed by atoms with Gasteiger partial charge in [0.15, 0.2) is 11.5 Å². The molecule has 0 unspecified atom stereocenters. The molecular weight excluding hydrogens is 556 g/mol. The number of amides is 4. The molecule has 2 heterocycles. The molecule has 3 aromatic rings. The fourth-order valence-electron chi connectivity index (χ4n) is 8.19. The number of benzene rings is 3. The summed E-state index contributed by atoms with van der Waals surface area (Å²) in [7, 11) is 0. The van der Waals surface area contributed by atoms with E-state index in [0.717, 1.165) is 16.7 Å². The van der Waals surface area contributed by atoms with Gasteiger partial charge in [-0.3, -0.25) is 24.1 Å². The molecule has 0 bridgehead atoms. The zero-order valence-corrected chi connectivity index (χ0v) is 24.7. The Morgan fingerprint density at radius 3 is 2.30 bits per heavy atom. The summed E-state index contributed by atoms with van der Waals surface area (Å²) in [4.78, 5) is 59.2. The average molecular weight is 591 g/mol. The molecule has 7 rings (SSSR count). The van der Waals surface area contributed by atoms with E-state index in [0.29, 0.717) is 30.9 Å². The maximum absolute atomic E-state index is 14.5. The van der Waals surface area contributed by atoms with Crippen LogP contribution in [0, 0.1) is 29.1 Å². The zero-order chi connectivity index (χ0) is 30.7. The van der Waals surface area contributed by atoms with Crippen LogP contribution in [0.4, 0.5) is 5.69 Å². The SMILES string of the molecule is CCOc1cc([C@H]2C3=CC[C@@H]4C(=O)N(Cc5ccccc5)C(=O)[C@@H]4[C@@H]3C[C@H]3C(=O)N(c4ccccc4)C(=O)[C@@]23C)ccc1O. The summed E-state index contributed by atoms with van der Waals surface area (Å²) in [6.07, 6.45) is 2.71. The number of carbonyl (C=O) groups excluding carboxylic acids is 4. The Morgan fingerprint density at radius 1 is 0.886 bits per heavy atom. The molecule has 8 nitrogen and oxygen atoms in total. The highest BCUT2D eigenvalue weighted by molar-refractivity contribution is 6.24. The first-order chi connectivity index (χ1) is 21.3. The van der Waals surface area contributed by atoms with Crippen molar-refractivity contribution in [1.82, 2.24) is 4.90 Å². The molecule has 6 atom stereocenters. The normalized spacial score (nSPS) is 29.3. The number of carbonyl (C=O) groups is 4. The number of nitrogens with zero attached hydrogens (tertiary/aromatic N) is 2. The van der Waals surface area contributed by atoms with Gasteiger partial charge in [0.1, 0.15) is 0 Å². The fourth-order valence-corrected chi connectivity index (χ4v) is 8.19. The molecule has 3 fully saturated rings. The maximum atomic E-state index is 14.5. The Hall–Kier alpha value is -4.72. The van der Waals surface area contributed by atoms with Crippen molar-refractivity contribution in [3.63, 3.8) is 0 Å². The van der Waals surface area contributed by atoms with Crippen molar-refractivity contribution in [2.24, 2.45) is 29.1 Å². The number of hydrogen-bond donors (Lipinski definition) is 1. The Labute approximate surface area is 255 Å². The van der Waals surface area contributed by atoms with Crippen LogP contribution >= 0.6 is 0 Å². The van der Waals surface area contributed by atoms with Gasteiger partial charge in [-0.25, -0.2) is 4.90 Å². The standard InChI is InChI=1S/C36H34N2O6/c1-3-44-29-18-22(14-17-28(29)39)31-24-15-16-25-30(34(42)37(32(25)40)20-21-10-6-4-7-11-21)26(24)19-27-33(41)38(35(43)36(27,31)2)23-12-8-5-9-13-23/h4-15,17-18,25-27,30-31,39H,3,16,19-20H2,1-2H3/t25-,26+,27-,30-,31-,36+/m0/s1. The number of aromatic hydroxyl groups is 1. The molecular formula is C36H34N2O6. The topological polar surface area (TPSA) is 104 Å². The number of imide groups is 2. The molecule has 224 valence electrons. The van der Waals surface area contributed by atoms with E-state index in [9.17, 15) is 24.3 Å². The van der Waals surface area contributed by atoms with Crippen molar-refractivity contribution in [3.8, 4) is 11.5 Å². The molecule has 2 aliphatic heterocycles. The number of ether oxygens (including phenoxy) is 1. The van der Waals surface area contributed by atoms with Crippen LogP contribution in [0.15, 0.2) is 90.5 Å². The van der Waals surface area contributed by atoms with Crippen LogP contribution in [0.25, 0.3) is 0 Å². The average Bonchev–Trinajstić information content (AvgIpc) is 3.39. The summed E-state index contributed by atoms with van der Waals surface area (Å²) in [5, 5.41) is 10.5. The molecule has 4 amide bonds. The van der Waals surface area contributed by atoms with Gasteiger partial charge < -0.3 is 9.84 Å². The summed E-state index contributed by atoms with van der Waals surface area (Å²) >= 11 is 0. The first kappa shape index (κ1) is 28.1. The predicted octanol–water partition coefficient (Wildman–Crippen LogP) is 5.22. The Bertz CT molecular complexity index is 1700. The van der Waals surface area contributed by atoms with E-state index < -0.39 is 35.0 Å². The van der Waals surface area contributed by atoms with E-state index in [1.807, 2.05) is 56.3 Å². The predicted molar refractivity (Wildman–Crippen MR) is 162 cm³/mol. The second-order valence-electron chi connectivity index (χ2n) is 12.4.